The summed E-state index contributed by atoms with van der Waals surface area (Å²) in [5.74, 6) is 0.000603. The molecule has 0 aliphatic rings. The zero-order valence-electron chi connectivity index (χ0n) is 9.87. The normalized spacial score (nSPS) is 12.1. The molecule has 6 nitrogen and oxygen atoms in total. The fraction of sp³-hybridized carbons (Fsp3) is 0.455. The molecular formula is C11H18N4O2. The molecule has 0 saturated carbocycles. The Hall–Kier alpha value is -1.66. The largest absolute Gasteiger partial charge is 0.409 e. The van der Waals surface area contributed by atoms with Gasteiger partial charge in [0.05, 0.1) is 6.61 Å². The smallest absolute Gasteiger partial charge is 0.189 e. The molecule has 0 saturated heterocycles. The van der Waals surface area contributed by atoms with Gasteiger partial charge in [-0.25, -0.2) is 0 Å². The van der Waals surface area contributed by atoms with E-state index in [9.17, 15) is 0 Å². The summed E-state index contributed by atoms with van der Waals surface area (Å²) >= 11 is 0. The maximum absolute atomic E-state index is 8.92. The Labute approximate surface area is 100 Å². The number of rotatable bonds is 6. The molecule has 0 unspecified atom stereocenters. The SMILES string of the molecule is CCN(CCO)Cc1cccnc1C(N)=NO. The summed E-state index contributed by atoms with van der Waals surface area (Å²) in [6.07, 6.45) is 1.60. The molecule has 94 valence electrons. The predicted molar refractivity (Wildman–Crippen MR) is 64.8 cm³/mol. The van der Waals surface area contributed by atoms with Crippen molar-refractivity contribution in [2.24, 2.45) is 10.9 Å². The van der Waals surface area contributed by atoms with Crippen LogP contribution in [-0.4, -0.2) is 45.7 Å². The maximum Gasteiger partial charge on any atom is 0.189 e. The Morgan fingerprint density at radius 2 is 2.35 bits per heavy atom. The lowest BCUT2D eigenvalue weighted by Gasteiger charge is -2.20. The molecule has 6 heteroatoms. The van der Waals surface area contributed by atoms with Gasteiger partial charge in [0.25, 0.3) is 0 Å². The number of aliphatic hydroxyl groups excluding tert-OH is 1. The van der Waals surface area contributed by atoms with E-state index in [-0.39, 0.29) is 12.4 Å². The molecule has 1 rings (SSSR count). The van der Waals surface area contributed by atoms with Crippen molar-refractivity contribution in [2.75, 3.05) is 19.7 Å². The van der Waals surface area contributed by atoms with Crippen molar-refractivity contribution in [1.82, 2.24) is 9.88 Å². The van der Waals surface area contributed by atoms with Crippen LogP contribution >= 0.6 is 0 Å². The lowest BCUT2D eigenvalue weighted by atomic mass is 10.1. The number of oxime groups is 1. The van der Waals surface area contributed by atoms with E-state index in [4.69, 9.17) is 16.0 Å². The third-order valence-corrected chi connectivity index (χ3v) is 2.50. The Bertz CT molecular complexity index is 381. The molecule has 0 radical (unpaired) electrons. The fourth-order valence-corrected chi connectivity index (χ4v) is 1.58. The molecule has 0 aliphatic heterocycles. The second-order valence-electron chi connectivity index (χ2n) is 3.59. The lowest BCUT2D eigenvalue weighted by Crippen LogP contribution is -2.28. The van der Waals surface area contributed by atoms with Crippen molar-refractivity contribution in [1.29, 1.82) is 0 Å². The van der Waals surface area contributed by atoms with E-state index in [2.05, 4.69) is 10.1 Å². The topological polar surface area (TPSA) is 95.0 Å². The number of pyridine rings is 1. The quantitative estimate of drug-likeness (QED) is 0.280. The highest BCUT2D eigenvalue weighted by Crippen LogP contribution is 2.08. The summed E-state index contributed by atoms with van der Waals surface area (Å²) in [5.41, 5.74) is 6.91. The zero-order chi connectivity index (χ0) is 12.7. The summed E-state index contributed by atoms with van der Waals surface area (Å²) < 4.78 is 0. The molecule has 4 N–H and O–H groups in total. The predicted octanol–water partition coefficient (Wildman–Crippen LogP) is -0.00970. The molecule has 0 bridgehead atoms. The first-order chi connectivity index (χ1) is 8.22. The average Bonchev–Trinajstić information content (AvgIpc) is 2.38. The molecule has 0 aromatic carbocycles. The van der Waals surface area contributed by atoms with Crippen LogP contribution in [0.4, 0.5) is 0 Å². The third kappa shape index (κ3) is 3.69. The summed E-state index contributed by atoms with van der Waals surface area (Å²) in [5, 5.41) is 20.6. The molecule has 0 atom stereocenters. The number of amidine groups is 1. The van der Waals surface area contributed by atoms with Crippen LogP contribution in [0.25, 0.3) is 0 Å². The average molecular weight is 238 g/mol. The van der Waals surface area contributed by atoms with Gasteiger partial charge >= 0.3 is 0 Å². The van der Waals surface area contributed by atoms with Crippen molar-refractivity contribution >= 4 is 5.84 Å². The number of hydrogen-bond donors (Lipinski definition) is 3. The van der Waals surface area contributed by atoms with E-state index in [1.165, 1.54) is 0 Å². The molecule has 1 heterocycles. The van der Waals surface area contributed by atoms with E-state index in [0.29, 0.717) is 18.8 Å². The van der Waals surface area contributed by atoms with E-state index in [0.717, 1.165) is 12.1 Å². The van der Waals surface area contributed by atoms with Crippen molar-refractivity contribution < 1.29 is 10.3 Å². The Morgan fingerprint density at radius 1 is 1.59 bits per heavy atom. The van der Waals surface area contributed by atoms with Gasteiger partial charge in [0, 0.05) is 19.3 Å². The van der Waals surface area contributed by atoms with Crippen LogP contribution in [0.2, 0.25) is 0 Å². The lowest BCUT2D eigenvalue weighted by molar-refractivity contribution is 0.196. The van der Waals surface area contributed by atoms with Gasteiger partial charge in [-0.2, -0.15) is 0 Å². The molecule has 0 amide bonds. The number of aliphatic hydroxyl groups is 1. The van der Waals surface area contributed by atoms with E-state index >= 15 is 0 Å². The van der Waals surface area contributed by atoms with Gasteiger partial charge in [-0.1, -0.05) is 18.1 Å². The number of likely N-dealkylation sites (N-methyl/N-ethyl adjacent to an activating group) is 1. The summed E-state index contributed by atoms with van der Waals surface area (Å²) in [4.78, 5) is 6.14. The molecule has 1 aromatic heterocycles. The van der Waals surface area contributed by atoms with Gasteiger partial charge in [-0.3, -0.25) is 9.88 Å². The number of aromatic nitrogens is 1. The van der Waals surface area contributed by atoms with Crippen LogP contribution in [0.3, 0.4) is 0 Å². The molecule has 17 heavy (non-hydrogen) atoms. The molecule has 1 aromatic rings. The highest BCUT2D eigenvalue weighted by atomic mass is 16.4. The first-order valence-corrected chi connectivity index (χ1v) is 5.48. The first-order valence-electron chi connectivity index (χ1n) is 5.48. The Morgan fingerprint density at radius 3 is 2.94 bits per heavy atom. The van der Waals surface area contributed by atoms with E-state index in [1.807, 2.05) is 17.9 Å². The van der Waals surface area contributed by atoms with Crippen molar-refractivity contribution in [2.45, 2.75) is 13.5 Å². The third-order valence-electron chi connectivity index (χ3n) is 2.50. The zero-order valence-corrected chi connectivity index (χ0v) is 9.87. The summed E-state index contributed by atoms with van der Waals surface area (Å²) in [7, 11) is 0. The second-order valence-corrected chi connectivity index (χ2v) is 3.59. The number of hydrogen-bond acceptors (Lipinski definition) is 5. The fourth-order valence-electron chi connectivity index (χ4n) is 1.58. The first kappa shape index (κ1) is 13.4. The van der Waals surface area contributed by atoms with E-state index < -0.39 is 0 Å². The van der Waals surface area contributed by atoms with Crippen LogP contribution in [0, 0.1) is 0 Å². The van der Waals surface area contributed by atoms with Crippen molar-refractivity contribution in [3.63, 3.8) is 0 Å². The number of nitrogens with zero attached hydrogens (tertiary/aromatic N) is 3. The molecule has 0 fully saturated rings. The van der Waals surface area contributed by atoms with Gasteiger partial charge in [-0.05, 0) is 18.2 Å². The van der Waals surface area contributed by atoms with Crippen LogP contribution in [0.1, 0.15) is 18.2 Å². The van der Waals surface area contributed by atoms with Gasteiger partial charge < -0.3 is 16.0 Å². The molecule has 0 aliphatic carbocycles. The summed E-state index contributed by atoms with van der Waals surface area (Å²) in [6.45, 7) is 4.12. The van der Waals surface area contributed by atoms with Gasteiger partial charge in [0.15, 0.2) is 5.84 Å². The van der Waals surface area contributed by atoms with Gasteiger partial charge in [0.2, 0.25) is 0 Å². The second kappa shape index (κ2) is 6.82. The minimum atomic E-state index is 0.000603. The number of nitrogens with two attached hydrogens (primary N) is 1. The van der Waals surface area contributed by atoms with Crippen LogP contribution in [0.5, 0.6) is 0 Å². The van der Waals surface area contributed by atoms with E-state index in [1.54, 1.807) is 12.3 Å². The van der Waals surface area contributed by atoms with Gasteiger partial charge in [0.1, 0.15) is 5.69 Å². The Kier molecular flexibility index (Phi) is 5.38. The monoisotopic (exact) mass is 238 g/mol. The van der Waals surface area contributed by atoms with Crippen LogP contribution in [-0.2, 0) is 6.54 Å². The van der Waals surface area contributed by atoms with Gasteiger partial charge in [-0.15, -0.1) is 0 Å². The highest BCUT2D eigenvalue weighted by molar-refractivity contribution is 5.96. The maximum atomic E-state index is 8.92. The van der Waals surface area contributed by atoms with Crippen molar-refractivity contribution in [3.05, 3.63) is 29.6 Å². The summed E-state index contributed by atoms with van der Waals surface area (Å²) in [6, 6.07) is 3.68. The minimum Gasteiger partial charge on any atom is -0.409 e. The molecule has 0 spiro atoms. The molecular weight excluding hydrogens is 220 g/mol. The highest BCUT2D eigenvalue weighted by Gasteiger charge is 2.11. The van der Waals surface area contributed by atoms with Crippen LogP contribution < -0.4 is 5.73 Å². The standard InChI is InChI=1S/C11H18N4O2/c1-2-15(6-7-16)8-9-4-3-5-13-10(9)11(12)14-17/h3-5,16-17H,2,6-8H2,1H3,(H2,12,14). The minimum absolute atomic E-state index is 0.000603. The van der Waals surface area contributed by atoms with Crippen LogP contribution in [0.15, 0.2) is 23.5 Å². The Balaban J connectivity index is 2.89. The van der Waals surface area contributed by atoms with Crippen molar-refractivity contribution in [3.8, 4) is 0 Å².